The van der Waals surface area contributed by atoms with E-state index >= 15 is 0 Å². The zero-order valence-electron chi connectivity index (χ0n) is 18.5. The Labute approximate surface area is 200 Å². The van der Waals surface area contributed by atoms with Crippen LogP contribution in [0.1, 0.15) is 23.3 Å². The van der Waals surface area contributed by atoms with E-state index in [0.29, 0.717) is 36.1 Å². The van der Waals surface area contributed by atoms with E-state index in [2.05, 4.69) is 36.3 Å². The van der Waals surface area contributed by atoms with Crippen LogP contribution in [-0.4, -0.2) is 31.0 Å². The van der Waals surface area contributed by atoms with Crippen LogP contribution in [0.2, 0.25) is 0 Å². The summed E-state index contributed by atoms with van der Waals surface area (Å²) in [5.74, 6) is 0.801. The molecule has 1 aliphatic heterocycles. The number of anilines is 1. The van der Waals surface area contributed by atoms with Gasteiger partial charge in [0, 0.05) is 17.7 Å². The highest BCUT2D eigenvalue weighted by Gasteiger charge is 2.36. The summed E-state index contributed by atoms with van der Waals surface area (Å²) in [4.78, 5) is 30.5. The van der Waals surface area contributed by atoms with Crippen LogP contribution in [0.5, 0.6) is 0 Å². The molecule has 6 rings (SSSR count). The van der Waals surface area contributed by atoms with Crippen LogP contribution in [0.3, 0.4) is 0 Å². The maximum absolute atomic E-state index is 13.3. The van der Waals surface area contributed by atoms with Gasteiger partial charge in [-0.3, -0.25) is 0 Å². The molecular weight excluding hydrogens is 442 g/mol. The van der Waals surface area contributed by atoms with E-state index in [1.807, 2.05) is 36.4 Å². The Balaban J connectivity index is 1.32. The summed E-state index contributed by atoms with van der Waals surface area (Å²) in [7, 11) is 0. The van der Waals surface area contributed by atoms with Gasteiger partial charge in [-0.25, -0.2) is 14.6 Å². The number of imidazole rings is 1. The molecular formula is C26H19N7O2. The molecule has 0 bridgehead atoms. The molecule has 170 valence electrons. The van der Waals surface area contributed by atoms with Gasteiger partial charge in [0.2, 0.25) is 11.7 Å². The number of carbonyl (C=O) groups is 1. The lowest BCUT2D eigenvalue weighted by Crippen LogP contribution is -2.41. The molecule has 9 heteroatoms. The van der Waals surface area contributed by atoms with E-state index in [1.165, 1.54) is 0 Å². The molecule has 2 N–H and O–H groups in total. The number of hydrogen-bond acceptors (Lipinski definition) is 5. The lowest BCUT2D eigenvalue weighted by molar-refractivity contribution is 0.155. The standard InChI is InChI=1S/C26H19N7O2/c1-27-19-7-4-8-20(12-19)30-26(34)33-14-22-21(28-15-29-22)13-23(33)25-31-24(32-35-25)18-10-9-16-5-2-3-6-17(16)11-18/h2-12,15,23H,13-14H2,(H,28,29)(H,30,34)/t23-/m0/s1. The van der Waals surface area contributed by atoms with E-state index in [0.717, 1.165) is 27.7 Å². The number of carbonyl (C=O) groups excluding carboxylic acids is 1. The summed E-state index contributed by atoms with van der Waals surface area (Å²) in [6.07, 6.45) is 2.06. The van der Waals surface area contributed by atoms with Crippen molar-refractivity contribution in [3.8, 4) is 11.4 Å². The van der Waals surface area contributed by atoms with Gasteiger partial charge in [0.25, 0.3) is 0 Å². The zero-order valence-corrected chi connectivity index (χ0v) is 18.5. The molecule has 0 spiro atoms. The van der Waals surface area contributed by atoms with Crippen LogP contribution < -0.4 is 5.32 Å². The molecule has 9 nitrogen and oxygen atoms in total. The van der Waals surface area contributed by atoms with Crippen molar-refractivity contribution in [3.63, 3.8) is 0 Å². The number of urea groups is 1. The third-order valence-electron chi connectivity index (χ3n) is 6.12. The fraction of sp³-hybridized carbons (Fsp3) is 0.115. The summed E-state index contributed by atoms with van der Waals surface area (Å²) < 4.78 is 5.67. The molecule has 3 heterocycles. The fourth-order valence-corrected chi connectivity index (χ4v) is 4.33. The Hall–Kier alpha value is -4.97. The minimum Gasteiger partial charge on any atom is -0.347 e. The Morgan fingerprint density at radius 3 is 2.89 bits per heavy atom. The minimum atomic E-state index is -0.489. The van der Waals surface area contributed by atoms with Crippen molar-refractivity contribution in [2.24, 2.45) is 0 Å². The average Bonchev–Trinajstić information content (AvgIpc) is 3.57. The number of amides is 2. The second-order valence-electron chi connectivity index (χ2n) is 8.29. The number of aromatic amines is 1. The third kappa shape index (κ3) is 3.87. The number of benzene rings is 3. The topological polar surface area (TPSA) is 104 Å². The smallest absolute Gasteiger partial charge is 0.322 e. The summed E-state index contributed by atoms with van der Waals surface area (Å²) >= 11 is 0. The molecule has 5 aromatic rings. The number of H-pyrrole nitrogens is 1. The molecule has 2 amide bonds. The first-order valence-electron chi connectivity index (χ1n) is 11.1. The molecule has 3 aromatic carbocycles. The molecule has 0 aliphatic carbocycles. The van der Waals surface area contributed by atoms with Crippen LogP contribution in [-0.2, 0) is 13.0 Å². The third-order valence-corrected chi connectivity index (χ3v) is 6.12. The molecule has 2 aromatic heterocycles. The largest absolute Gasteiger partial charge is 0.347 e. The highest BCUT2D eigenvalue weighted by molar-refractivity contribution is 5.90. The predicted octanol–water partition coefficient (Wildman–Crippen LogP) is 5.50. The van der Waals surface area contributed by atoms with Crippen molar-refractivity contribution in [3.05, 3.63) is 102 Å². The fourth-order valence-electron chi connectivity index (χ4n) is 4.33. The van der Waals surface area contributed by atoms with Crippen molar-refractivity contribution < 1.29 is 9.32 Å². The molecule has 0 saturated heterocycles. The summed E-state index contributed by atoms with van der Waals surface area (Å²) in [5, 5.41) is 9.30. The Kier molecular flexibility index (Phi) is 4.96. The van der Waals surface area contributed by atoms with Gasteiger partial charge in [-0.1, -0.05) is 53.7 Å². The van der Waals surface area contributed by atoms with Gasteiger partial charge in [-0.05, 0) is 29.0 Å². The minimum absolute atomic E-state index is 0.308. The maximum atomic E-state index is 13.3. The number of hydrogen-bond donors (Lipinski definition) is 2. The lowest BCUT2D eigenvalue weighted by atomic mass is 10.0. The molecule has 0 unspecified atom stereocenters. The van der Waals surface area contributed by atoms with Gasteiger partial charge in [-0.15, -0.1) is 0 Å². The Morgan fingerprint density at radius 1 is 1.11 bits per heavy atom. The first kappa shape index (κ1) is 20.6. The van der Waals surface area contributed by atoms with Gasteiger partial charge in [0.1, 0.15) is 6.04 Å². The van der Waals surface area contributed by atoms with Crippen LogP contribution >= 0.6 is 0 Å². The van der Waals surface area contributed by atoms with Crippen molar-refractivity contribution >= 4 is 28.2 Å². The number of nitrogens with zero attached hydrogens (tertiary/aromatic N) is 5. The second-order valence-corrected chi connectivity index (χ2v) is 8.29. The summed E-state index contributed by atoms with van der Waals surface area (Å²) in [6, 6.07) is 20.1. The molecule has 0 radical (unpaired) electrons. The number of nitrogens with one attached hydrogen (secondary N) is 2. The first-order chi connectivity index (χ1) is 17.2. The highest BCUT2D eigenvalue weighted by Crippen LogP contribution is 2.33. The zero-order chi connectivity index (χ0) is 23.8. The van der Waals surface area contributed by atoms with Crippen LogP contribution in [0.25, 0.3) is 27.0 Å². The van der Waals surface area contributed by atoms with Crippen LogP contribution in [0.15, 0.2) is 77.6 Å². The van der Waals surface area contributed by atoms with Gasteiger partial charge >= 0.3 is 6.03 Å². The molecule has 1 atom stereocenters. The van der Waals surface area contributed by atoms with Crippen molar-refractivity contribution in [1.29, 1.82) is 0 Å². The molecule has 35 heavy (non-hydrogen) atoms. The SMILES string of the molecule is [C-]#[N+]c1cccc(NC(=O)N2Cc3[nH]cnc3C[C@H]2c2nc(-c3ccc4ccccc4c3)no2)c1. The number of rotatable bonds is 3. The highest BCUT2D eigenvalue weighted by atomic mass is 16.5. The molecule has 1 aliphatic rings. The quantitative estimate of drug-likeness (QED) is 0.346. The van der Waals surface area contributed by atoms with E-state index < -0.39 is 6.04 Å². The van der Waals surface area contributed by atoms with Crippen LogP contribution in [0.4, 0.5) is 16.2 Å². The Morgan fingerprint density at radius 2 is 2.00 bits per heavy atom. The van der Waals surface area contributed by atoms with E-state index in [-0.39, 0.29) is 6.03 Å². The molecule has 0 fully saturated rings. The van der Waals surface area contributed by atoms with E-state index in [4.69, 9.17) is 11.1 Å². The normalized spacial score (nSPS) is 14.9. The van der Waals surface area contributed by atoms with Crippen LogP contribution in [0, 0.1) is 6.57 Å². The van der Waals surface area contributed by atoms with Gasteiger partial charge in [-0.2, -0.15) is 4.98 Å². The van der Waals surface area contributed by atoms with Gasteiger partial charge < -0.3 is 19.7 Å². The van der Waals surface area contributed by atoms with E-state index in [1.54, 1.807) is 35.5 Å². The van der Waals surface area contributed by atoms with Crippen molar-refractivity contribution in [1.82, 2.24) is 25.0 Å². The average molecular weight is 461 g/mol. The first-order valence-corrected chi connectivity index (χ1v) is 11.1. The van der Waals surface area contributed by atoms with Gasteiger partial charge in [0.15, 0.2) is 5.69 Å². The van der Waals surface area contributed by atoms with Crippen molar-refractivity contribution in [2.45, 2.75) is 19.0 Å². The number of aromatic nitrogens is 4. The Bertz CT molecular complexity index is 1600. The molecule has 0 saturated carbocycles. The maximum Gasteiger partial charge on any atom is 0.322 e. The summed E-state index contributed by atoms with van der Waals surface area (Å²) in [5.41, 5.74) is 3.55. The number of fused-ring (bicyclic) bond motifs is 2. The van der Waals surface area contributed by atoms with Gasteiger partial charge in [0.05, 0.1) is 30.8 Å². The van der Waals surface area contributed by atoms with Crippen molar-refractivity contribution in [2.75, 3.05) is 5.32 Å². The lowest BCUT2D eigenvalue weighted by Gasteiger charge is -2.32. The predicted molar refractivity (Wildman–Crippen MR) is 130 cm³/mol. The monoisotopic (exact) mass is 461 g/mol. The van der Waals surface area contributed by atoms with E-state index in [9.17, 15) is 4.79 Å². The summed E-state index contributed by atoms with van der Waals surface area (Å²) in [6.45, 7) is 7.51. The second kappa shape index (κ2) is 8.43.